The van der Waals surface area contributed by atoms with Crippen LogP contribution in [0.1, 0.15) is 26.3 Å². The number of ether oxygens (including phenoxy) is 3. The summed E-state index contributed by atoms with van der Waals surface area (Å²) in [5.74, 6) is -0.176. The Morgan fingerprint density at radius 1 is 0.719 bits per heavy atom. The van der Waals surface area contributed by atoms with Gasteiger partial charge in [-0.3, -0.25) is 14.5 Å². The molecule has 0 saturated carbocycles. The van der Waals surface area contributed by atoms with Crippen molar-refractivity contribution in [3.8, 4) is 11.5 Å². The summed E-state index contributed by atoms with van der Waals surface area (Å²) in [6.07, 6.45) is 0. The maximum Gasteiger partial charge on any atom is 0.344 e. The summed E-state index contributed by atoms with van der Waals surface area (Å²) in [5.41, 5.74) is 1.79. The quantitative estimate of drug-likeness (QED) is 0.381. The van der Waals surface area contributed by atoms with Gasteiger partial charge in [-0.1, -0.05) is 42.5 Å². The van der Waals surface area contributed by atoms with Gasteiger partial charge in [0.25, 0.3) is 11.8 Å². The van der Waals surface area contributed by atoms with Crippen molar-refractivity contribution in [2.75, 3.05) is 19.8 Å². The molecule has 0 radical (unpaired) electrons. The number of esters is 1. The summed E-state index contributed by atoms with van der Waals surface area (Å²) < 4.78 is 16.2. The first kappa shape index (κ1) is 21.1. The van der Waals surface area contributed by atoms with Crippen molar-refractivity contribution in [2.45, 2.75) is 6.61 Å². The van der Waals surface area contributed by atoms with E-state index in [4.69, 9.17) is 14.2 Å². The van der Waals surface area contributed by atoms with E-state index in [0.717, 1.165) is 10.5 Å². The molecule has 0 N–H and O–H groups in total. The number of hydrogen-bond donors (Lipinski definition) is 0. The fourth-order valence-corrected chi connectivity index (χ4v) is 3.25. The first-order chi connectivity index (χ1) is 15.6. The van der Waals surface area contributed by atoms with Gasteiger partial charge in [0, 0.05) is 0 Å². The lowest BCUT2D eigenvalue weighted by atomic mass is 10.1. The normalized spacial score (nSPS) is 12.4. The first-order valence-electron chi connectivity index (χ1n) is 10.1. The van der Waals surface area contributed by atoms with Crippen molar-refractivity contribution >= 4 is 17.8 Å². The van der Waals surface area contributed by atoms with E-state index < -0.39 is 5.97 Å². The molecule has 0 saturated heterocycles. The van der Waals surface area contributed by atoms with E-state index in [1.165, 1.54) is 0 Å². The van der Waals surface area contributed by atoms with Crippen molar-refractivity contribution < 1.29 is 28.6 Å². The number of hydrogen-bond acceptors (Lipinski definition) is 6. The predicted molar refractivity (Wildman–Crippen MR) is 115 cm³/mol. The second-order valence-electron chi connectivity index (χ2n) is 7.06. The van der Waals surface area contributed by atoms with E-state index >= 15 is 0 Å². The molecule has 32 heavy (non-hydrogen) atoms. The fourth-order valence-electron chi connectivity index (χ4n) is 3.25. The van der Waals surface area contributed by atoms with Gasteiger partial charge >= 0.3 is 5.97 Å². The Labute approximate surface area is 185 Å². The van der Waals surface area contributed by atoms with Crippen LogP contribution < -0.4 is 9.47 Å². The monoisotopic (exact) mass is 431 g/mol. The lowest BCUT2D eigenvalue weighted by Crippen LogP contribution is -2.33. The van der Waals surface area contributed by atoms with Crippen LogP contribution >= 0.6 is 0 Å². The summed E-state index contributed by atoms with van der Waals surface area (Å²) in [5, 5.41) is 0. The summed E-state index contributed by atoms with van der Waals surface area (Å²) in [4.78, 5) is 37.6. The molecule has 0 aromatic heterocycles. The number of amides is 2. The van der Waals surface area contributed by atoms with Gasteiger partial charge in [-0.15, -0.1) is 0 Å². The van der Waals surface area contributed by atoms with Crippen LogP contribution in [0.15, 0.2) is 78.9 Å². The van der Waals surface area contributed by atoms with Gasteiger partial charge in [-0.25, -0.2) is 4.79 Å². The van der Waals surface area contributed by atoms with Crippen molar-refractivity contribution in [3.05, 3.63) is 95.6 Å². The summed E-state index contributed by atoms with van der Waals surface area (Å²) >= 11 is 0. The highest BCUT2D eigenvalue weighted by molar-refractivity contribution is 6.21. The van der Waals surface area contributed by atoms with Crippen molar-refractivity contribution in [1.82, 2.24) is 4.90 Å². The number of carbonyl (C=O) groups excluding carboxylic acids is 3. The van der Waals surface area contributed by atoms with Gasteiger partial charge in [0.1, 0.15) is 24.7 Å². The SMILES string of the molecule is O=C(COc1ccc(OCc2ccccc2)cc1)OCCN1C(=O)c2ccccc2C1=O. The largest absolute Gasteiger partial charge is 0.489 e. The number of rotatable bonds is 9. The molecule has 3 aromatic rings. The molecule has 2 amide bonds. The van der Waals surface area contributed by atoms with Crippen molar-refractivity contribution in [1.29, 1.82) is 0 Å². The minimum atomic E-state index is -0.592. The molecular formula is C25H21NO6. The summed E-state index contributed by atoms with van der Waals surface area (Å²) in [7, 11) is 0. The first-order valence-corrected chi connectivity index (χ1v) is 10.1. The van der Waals surface area contributed by atoms with Crippen LogP contribution in [0.25, 0.3) is 0 Å². The van der Waals surface area contributed by atoms with Crippen LogP contribution in [0.5, 0.6) is 11.5 Å². The smallest absolute Gasteiger partial charge is 0.344 e. The Balaban J connectivity index is 1.18. The molecule has 0 fully saturated rings. The number of nitrogens with zero attached hydrogens (tertiary/aromatic N) is 1. The lowest BCUT2D eigenvalue weighted by Gasteiger charge is -2.14. The molecule has 7 heteroatoms. The number of benzene rings is 3. The molecule has 1 aliphatic rings. The van der Waals surface area contributed by atoms with Gasteiger partial charge in [0.15, 0.2) is 6.61 Å². The Hall–Kier alpha value is -4.13. The third kappa shape index (κ3) is 4.95. The molecule has 3 aromatic carbocycles. The van der Waals surface area contributed by atoms with Gasteiger partial charge in [-0.2, -0.15) is 0 Å². The molecule has 0 spiro atoms. The van der Waals surface area contributed by atoms with Crippen LogP contribution in [0, 0.1) is 0 Å². The Bertz CT molecular complexity index is 1080. The van der Waals surface area contributed by atoms with Gasteiger partial charge in [-0.05, 0) is 42.0 Å². The van der Waals surface area contributed by atoms with Crippen LogP contribution in [-0.2, 0) is 16.1 Å². The molecule has 1 aliphatic heterocycles. The van der Waals surface area contributed by atoms with Crippen molar-refractivity contribution in [3.63, 3.8) is 0 Å². The molecule has 0 aliphatic carbocycles. The lowest BCUT2D eigenvalue weighted by molar-refractivity contribution is -0.146. The second kappa shape index (κ2) is 9.78. The molecule has 0 unspecified atom stereocenters. The predicted octanol–water partition coefficient (Wildman–Crippen LogP) is 3.48. The van der Waals surface area contributed by atoms with E-state index in [1.807, 2.05) is 30.3 Å². The average molecular weight is 431 g/mol. The molecule has 4 rings (SSSR count). The van der Waals surface area contributed by atoms with Gasteiger partial charge < -0.3 is 14.2 Å². The Kier molecular flexibility index (Phi) is 6.46. The standard InChI is InChI=1S/C25H21NO6/c27-23(30-15-14-26-24(28)21-8-4-5-9-22(21)25(26)29)17-32-20-12-10-19(11-13-20)31-16-18-6-2-1-3-7-18/h1-13H,14-17H2. The topological polar surface area (TPSA) is 82.1 Å². The molecule has 7 nitrogen and oxygen atoms in total. The fraction of sp³-hybridized carbons (Fsp3) is 0.160. The Morgan fingerprint density at radius 2 is 1.28 bits per heavy atom. The van der Waals surface area contributed by atoms with E-state index in [0.29, 0.717) is 29.2 Å². The highest BCUT2D eigenvalue weighted by Crippen LogP contribution is 2.22. The number of imide groups is 1. The zero-order chi connectivity index (χ0) is 22.3. The highest BCUT2D eigenvalue weighted by atomic mass is 16.6. The van der Waals surface area contributed by atoms with Crippen LogP contribution in [0.4, 0.5) is 0 Å². The highest BCUT2D eigenvalue weighted by Gasteiger charge is 2.34. The molecule has 1 heterocycles. The van der Waals surface area contributed by atoms with Crippen LogP contribution in [0.3, 0.4) is 0 Å². The number of fused-ring (bicyclic) bond motifs is 1. The minimum Gasteiger partial charge on any atom is -0.489 e. The van der Waals surface area contributed by atoms with Gasteiger partial charge in [0.05, 0.1) is 17.7 Å². The van der Waals surface area contributed by atoms with Gasteiger partial charge in [0.2, 0.25) is 0 Å². The van der Waals surface area contributed by atoms with E-state index in [-0.39, 0.29) is 31.6 Å². The third-order valence-electron chi connectivity index (χ3n) is 4.88. The zero-order valence-electron chi connectivity index (χ0n) is 17.2. The molecule has 0 bridgehead atoms. The molecular weight excluding hydrogens is 410 g/mol. The minimum absolute atomic E-state index is 0.00840. The maximum atomic E-state index is 12.3. The maximum absolute atomic E-state index is 12.3. The van der Waals surface area contributed by atoms with E-state index in [1.54, 1.807) is 48.5 Å². The number of carbonyl (C=O) groups is 3. The summed E-state index contributed by atoms with van der Waals surface area (Å²) in [6, 6.07) is 23.3. The van der Waals surface area contributed by atoms with Crippen LogP contribution in [0.2, 0.25) is 0 Å². The third-order valence-corrected chi connectivity index (χ3v) is 4.88. The zero-order valence-corrected chi connectivity index (χ0v) is 17.2. The molecule has 162 valence electrons. The Morgan fingerprint density at radius 3 is 1.91 bits per heavy atom. The van der Waals surface area contributed by atoms with E-state index in [9.17, 15) is 14.4 Å². The average Bonchev–Trinajstić information content (AvgIpc) is 3.08. The second-order valence-corrected chi connectivity index (χ2v) is 7.06. The van der Waals surface area contributed by atoms with Crippen LogP contribution in [-0.4, -0.2) is 42.4 Å². The van der Waals surface area contributed by atoms with E-state index in [2.05, 4.69) is 0 Å². The van der Waals surface area contributed by atoms with Crippen molar-refractivity contribution in [2.24, 2.45) is 0 Å². The molecule has 0 atom stereocenters. The summed E-state index contributed by atoms with van der Waals surface area (Å²) in [6.45, 7) is 0.0677.